The molecule has 0 saturated heterocycles. The highest BCUT2D eigenvalue weighted by molar-refractivity contribution is 14.1. The minimum absolute atomic E-state index is 0.295. The van der Waals surface area contributed by atoms with Crippen molar-refractivity contribution in [2.45, 2.75) is 26.4 Å². The van der Waals surface area contributed by atoms with Gasteiger partial charge in [0.05, 0.1) is 27.8 Å². The molecule has 2 aromatic carbocycles. The predicted molar refractivity (Wildman–Crippen MR) is 107 cm³/mol. The molecule has 0 aliphatic heterocycles. The fraction of sp³-hybridized carbons (Fsp3) is 0.222. The first-order valence-electron chi connectivity index (χ1n) is 7.57. The van der Waals surface area contributed by atoms with E-state index in [-0.39, 0.29) is 5.82 Å². The van der Waals surface area contributed by atoms with Gasteiger partial charge in [0.15, 0.2) is 0 Å². The molecule has 0 spiro atoms. The number of carbonyl (C=O) groups excluding carboxylic acids is 1. The molecule has 0 unspecified atom stereocenters. The standard InChI is InChI=1S/C18H16FIN2O2S/c1-18(2,3)24-17(23)11-5-7-15-12(9-21-25-15)16(11)22-14-6-4-10(20)8-13(14)19/h4-9,22H,1-3H3. The van der Waals surface area contributed by atoms with Crippen molar-refractivity contribution in [1.29, 1.82) is 0 Å². The molecule has 130 valence electrons. The fourth-order valence-electron chi connectivity index (χ4n) is 2.31. The molecule has 4 nitrogen and oxygen atoms in total. The van der Waals surface area contributed by atoms with Crippen LogP contribution in [0.25, 0.3) is 10.1 Å². The van der Waals surface area contributed by atoms with Gasteiger partial charge >= 0.3 is 5.97 Å². The van der Waals surface area contributed by atoms with Crippen LogP contribution in [-0.2, 0) is 4.74 Å². The molecule has 3 rings (SSSR count). The van der Waals surface area contributed by atoms with Crippen LogP contribution in [0.1, 0.15) is 31.1 Å². The molecule has 3 aromatic rings. The number of fused-ring (bicyclic) bond motifs is 1. The van der Waals surface area contributed by atoms with Gasteiger partial charge in [0.25, 0.3) is 0 Å². The molecule has 0 saturated carbocycles. The van der Waals surface area contributed by atoms with Crippen molar-refractivity contribution in [2.75, 3.05) is 5.32 Å². The van der Waals surface area contributed by atoms with E-state index < -0.39 is 11.6 Å². The van der Waals surface area contributed by atoms with Gasteiger partial charge in [0.1, 0.15) is 11.4 Å². The number of nitrogens with one attached hydrogen (secondary N) is 1. The highest BCUT2D eigenvalue weighted by Crippen LogP contribution is 2.34. The molecule has 1 aromatic heterocycles. The molecule has 25 heavy (non-hydrogen) atoms. The lowest BCUT2D eigenvalue weighted by Crippen LogP contribution is -2.24. The Labute approximate surface area is 162 Å². The third kappa shape index (κ3) is 4.09. The lowest BCUT2D eigenvalue weighted by Gasteiger charge is -2.21. The number of hydrogen-bond donors (Lipinski definition) is 1. The molecule has 1 N–H and O–H groups in total. The SMILES string of the molecule is CC(C)(C)OC(=O)c1ccc2sncc2c1Nc1ccc(I)cc1F. The lowest BCUT2D eigenvalue weighted by atomic mass is 10.1. The maximum atomic E-state index is 14.3. The van der Waals surface area contributed by atoms with Crippen LogP contribution in [0, 0.1) is 9.39 Å². The molecule has 0 atom stereocenters. The van der Waals surface area contributed by atoms with Crippen molar-refractivity contribution in [3.05, 3.63) is 51.5 Å². The Kier molecular flexibility index (Phi) is 4.97. The van der Waals surface area contributed by atoms with E-state index in [9.17, 15) is 9.18 Å². The smallest absolute Gasteiger partial charge is 0.340 e. The molecule has 0 aliphatic carbocycles. The summed E-state index contributed by atoms with van der Waals surface area (Å²) < 4.78 is 25.6. The number of ether oxygens (including phenoxy) is 1. The number of aromatic nitrogens is 1. The maximum Gasteiger partial charge on any atom is 0.340 e. The summed E-state index contributed by atoms with van der Waals surface area (Å²) in [6, 6.07) is 8.38. The summed E-state index contributed by atoms with van der Waals surface area (Å²) in [6.45, 7) is 5.42. The van der Waals surface area contributed by atoms with Crippen LogP contribution >= 0.6 is 34.1 Å². The minimum atomic E-state index is -0.621. The van der Waals surface area contributed by atoms with E-state index in [1.54, 1.807) is 24.4 Å². The van der Waals surface area contributed by atoms with Crippen molar-refractivity contribution < 1.29 is 13.9 Å². The Hall–Kier alpha value is -1.74. The number of esters is 1. The van der Waals surface area contributed by atoms with Gasteiger partial charge in [-0.3, -0.25) is 0 Å². The van der Waals surface area contributed by atoms with Crippen molar-refractivity contribution >= 4 is 61.6 Å². The number of anilines is 2. The Morgan fingerprint density at radius 2 is 2.04 bits per heavy atom. The average Bonchev–Trinajstić information content (AvgIpc) is 2.97. The average molecular weight is 470 g/mol. The van der Waals surface area contributed by atoms with E-state index in [0.717, 1.165) is 13.7 Å². The van der Waals surface area contributed by atoms with Crippen LogP contribution in [0.5, 0.6) is 0 Å². The van der Waals surface area contributed by atoms with Crippen LogP contribution in [0.15, 0.2) is 36.5 Å². The lowest BCUT2D eigenvalue weighted by molar-refractivity contribution is 0.00709. The van der Waals surface area contributed by atoms with Gasteiger partial charge in [-0.1, -0.05) is 0 Å². The second-order valence-electron chi connectivity index (χ2n) is 6.48. The zero-order chi connectivity index (χ0) is 18.2. The number of halogens is 2. The molecule has 0 bridgehead atoms. The fourth-order valence-corrected chi connectivity index (χ4v) is 3.41. The molecule has 0 amide bonds. The van der Waals surface area contributed by atoms with Gasteiger partial charge in [-0.05, 0) is 85.2 Å². The summed E-state index contributed by atoms with van der Waals surface area (Å²) >= 11 is 3.36. The van der Waals surface area contributed by atoms with Crippen LogP contribution in [0.4, 0.5) is 15.8 Å². The van der Waals surface area contributed by atoms with Crippen molar-refractivity contribution in [3.8, 4) is 0 Å². The maximum absolute atomic E-state index is 14.3. The van der Waals surface area contributed by atoms with Gasteiger partial charge in [-0.15, -0.1) is 0 Å². The molecule has 1 heterocycles. The third-order valence-electron chi connectivity index (χ3n) is 3.35. The van der Waals surface area contributed by atoms with Gasteiger partial charge in [0, 0.05) is 8.96 Å². The molecule has 0 aliphatic rings. The van der Waals surface area contributed by atoms with Crippen molar-refractivity contribution in [3.63, 3.8) is 0 Å². The molecule has 0 fully saturated rings. The van der Waals surface area contributed by atoms with Gasteiger partial charge < -0.3 is 10.1 Å². The summed E-state index contributed by atoms with van der Waals surface area (Å²) in [5.74, 6) is -0.851. The quantitative estimate of drug-likeness (QED) is 0.392. The number of benzene rings is 2. The monoisotopic (exact) mass is 470 g/mol. The highest BCUT2D eigenvalue weighted by Gasteiger charge is 2.23. The summed E-state index contributed by atoms with van der Waals surface area (Å²) in [4.78, 5) is 12.6. The highest BCUT2D eigenvalue weighted by atomic mass is 127. The van der Waals surface area contributed by atoms with Gasteiger partial charge in [-0.25, -0.2) is 9.18 Å². The number of carbonyl (C=O) groups is 1. The van der Waals surface area contributed by atoms with E-state index in [2.05, 4.69) is 9.69 Å². The molecule has 7 heteroatoms. The van der Waals surface area contributed by atoms with E-state index >= 15 is 0 Å². The second-order valence-corrected chi connectivity index (χ2v) is 8.56. The van der Waals surface area contributed by atoms with Crippen LogP contribution < -0.4 is 5.32 Å². The largest absolute Gasteiger partial charge is 0.456 e. The summed E-state index contributed by atoms with van der Waals surface area (Å²) in [6.07, 6.45) is 1.67. The van der Waals surface area contributed by atoms with Crippen molar-refractivity contribution in [1.82, 2.24) is 4.37 Å². The Morgan fingerprint density at radius 1 is 1.28 bits per heavy atom. The minimum Gasteiger partial charge on any atom is -0.456 e. The topological polar surface area (TPSA) is 51.2 Å². The van der Waals surface area contributed by atoms with Crippen LogP contribution in [0.2, 0.25) is 0 Å². The molecular formula is C18H16FIN2O2S. The van der Waals surface area contributed by atoms with Crippen LogP contribution in [-0.4, -0.2) is 15.9 Å². The first kappa shape index (κ1) is 18.1. The summed E-state index contributed by atoms with van der Waals surface area (Å²) in [7, 11) is 0. The van der Waals surface area contributed by atoms with E-state index in [4.69, 9.17) is 4.74 Å². The van der Waals surface area contributed by atoms with Crippen molar-refractivity contribution in [2.24, 2.45) is 0 Å². The summed E-state index contributed by atoms with van der Waals surface area (Å²) in [5.41, 5.74) is 0.523. The Balaban J connectivity index is 2.09. The first-order chi connectivity index (χ1) is 11.7. The number of hydrogen-bond acceptors (Lipinski definition) is 5. The zero-order valence-electron chi connectivity index (χ0n) is 13.9. The van der Waals surface area contributed by atoms with Gasteiger partial charge in [-0.2, -0.15) is 4.37 Å². The second kappa shape index (κ2) is 6.87. The third-order valence-corrected chi connectivity index (χ3v) is 4.78. The summed E-state index contributed by atoms with van der Waals surface area (Å²) in [5, 5.41) is 3.81. The van der Waals surface area contributed by atoms with E-state index in [0.29, 0.717) is 16.9 Å². The number of rotatable bonds is 3. The first-order valence-corrected chi connectivity index (χ1v) is 9.42. The zero-order valence-corrected chi connectivity index (χ0v) is 16.9. The normalized spacial score (nSPS) is 11.6. The molecule has 0 radical (unpaired) electrons. The number of nitrogens with zero attached hydrogens (tertiary/aromatic N) is 1. The Bertz CT molecular complexity index is 950. The predicted octanol–water partition coefficient (Wildman–Crippen LogP) is 5.74. The van der Waals surface area contributed by atoms with Crippen LogP contribution in [0.3, 0.4) is 0 Å². The molecular weight excluding hydrogens is 454 g/mol. The van der Waals surface area contributed by atoms with Gasteiger partial charge in [0.2, 0.25) is 0 Å². The van der Waals surface area contributed by atoms with E-state index in [1.807, 2.05) is 49.4 Å². The van der Waals surface area contributed by atoms with E-state index in [1.165, 1.54) is 17.6 Å². The Morgan fingerprint density at radius 3 is 2.72 bits per heavy atom.